The molecule has 0 saturated heterocycles. The molecule has 0 fully saturated rings. The zero-order chi connectivity index (χ0) is 23.9. The van der Waals surface area contributed by atoms with Crippen molar-refractivity contribution in [3.63, 3.8) is 0 Å². The molecule has 0 amide bonds. The molecule has 0 N–H and O–H groups in total. The third-order valence-corrected chi connectivity index (χ3v) is 5.53. The largest absolute Gasteiger partial charge is 0.462 e. The third-order valence-electron chi connectivity index (χ3n) is 5.53. The number of carbonyl (C=O) groups is 2. The lowest BCUT2D eigenvalue weighted by Gasteiger charge is -2.20. The van der Waals surface area contributed by atoms with Crippen LogP contribution in [0.1, 0.15) is 46.0 Å². The number of aryl methyl sites for hydroxylation is 3. The number of hydrogen-bond donors (Lipinski definition) is 0. The minimum absolute atomic E-state index is 0.118. The molecule has 0 spiro atoms. The monoisotopic (exact) mass is 448 g/mol. The predicted octanol–water partition coefficient (Wildman–Crippen LogP) is 4.32. The number of nitrogens with zero attached hydrogens (tertiary/aromatic N) is 2. The van der Waals surface area contributed by atoms with E-state index < -0.39 is 11.9 Å². The molecule has 4 rings (SSSR count). The van der Waals surface area contributed by atoms with Crippen LogP contribution in [-0.4, -0.2) is 34.7 Å². The summed E-state index contributed by atoms with van der Waals surface area (Å²) < 4.78 is 18.1. The van der Waals surface area contributed by atoms with Crippen LogP contribution in [0.15, 0.2) is 39.5 Å². The number of rotatable bonds is 5. The first kappa shape index (κ1) is 22.3. The number of carbonyl (C=O) groups excluding carboxylic acids is 2. The Morgan fingerprint density at radius 1 is 1.00 bits per heavy atom. The summed E-state index contributed by atoms with van der Waals surface area (Å²) >= 11 is 0. The Hall–Kier alpha value is -3.94. The molecular weight excluding hydrogens is 424 g/mol. The van der Waals surface area contributed by atoms with Gasteiger partial charge in [0, 0.05) is 24.1 Å². The van der Waals surface area contributed by atoms with Gasteiger partial charge in [-0.3, -0.25) is 9.78 Å². The topological polar surface area (TPSA) is 101 Å². The van der Waals surface area contributed by atoms with Crippen LogP contribution < -0.4 is 5.43 Å². The van der Waals surface area contributed by atoms with Gasteiger partial charge in [0.15, 0.2) is 5.58 Å². The predicted molar refractivity (Wildman–Crippen MR) is 124 cm³/mol. The lowest BCUT2D eigenvalue weighted by atomic mass is 9.94. The maximum Gasteiger partial charge on any atom is 0.340 e. The van der Waals surface area contributed by atoms with Crippen LogP contribution in [0, 0.1) is 13.8 Å². The van der Waals surface area contributed by atoms with Crippen LogP contribution in [0.5, 0.6) is 0 Å². The molecule has 8 nitrogen and oxygen atoms in total. The van der Waals surface area contributed by atoms with Crippen molar-refractivity contribution in [1.29, 1.82) is 0 Å². The highest BCUT2D eigenvalue weighted by atomic mass is 16.5. The molecular formula is C25H24N2O6. The van der Waals surface area contributed by atoms with Crippen molar-refractivity contribution >= 4 is 34.0 Å². The molecule has 4 aromatic rings. The van der Waals surface area contributed by atoms with E-state index in [0.717, 1.165) is 5.39 Å². The lowest BCUT2D eigenvalue weighted by molar-refractivity contribution is 0.0525. The molecule has 8 heteroatoms. The van der Waals surface area contributed by atoms with Crippen LogP contribution in [-0.2, 0) is 16.5 Å². The van der Waals surface area contributed by atoms with Crippen LogP contribution in [0.2, 0.25) is 0 Å². The van der Waals surface area contributed by atoms with E-state index in [4.69, 9.17) is 13.9 Å². The van der Waals surface area contributed by atoms with Gasteiger partial charge < -0.3 is 18.5 Å². The van der Waals surface area contributed by atoms with E-state index in [1.165, 1.54) is 6.07 Å². The van der Waals surface area contributed by atoms with Crippen LogP contribution >= 0.6 is 0 Å². The zero-order valence-corrected chi connectivity index (χ0v) is 19.1. The van der Waals surface area contributed by atoms with Gasteiger partial charge in [-0.05, 0) is 39.8 Å². The van der Waals surface area contributed by atoms with Gasteiger partial charge in [0.25, 0.3) is 0 Å². The van der Waals surface area contributed by atoms with Crippen molar-refractivity contribution in [2.24, 2.45) is 7.05 Å². The van der Waals surface area contributed by atoms with Gasteiger partial charge in [0.05, 0.1) is 46.9 Å². The number of esters is 2. The second kappa shape index (κ2) is 8.54. The van der Waals surface area contributed by atoms with Crippen molar-refractivity contribution < 1.29 is 23.5 Å². The number of benzene rings is 1. The summed E-state index contributed by atoms with van der Waals surface area (Å²) in [6.07, 6.45) is 0. The summed E-state index contributed by atoms with van der Waals surface area (Å²) in [4.78, 5) is 43.5. The normalized spacial score (nSPS) is 11.2. The number of fused-ring (bicyclic) bond motifs is 3. The van der Waals surface area contributed by atoms with Gasteiger partial charge in [-0.25, -0.2) is 9.59 Å². The van der Waals surface area contributed by atoms with E-state index in [-0.39, 0.29) is 40.9 Å². The Kier molecular flexibility index (Phi) is 5.76. The van der Waals surface area contributed by atoms with Crippen molar-refractivity contribution in [1.82, 2.24) is 9.55 Å². The highest BCUT2D eigenvalue weighted by molar-refractivity contribution is 6.08. The van der Waals surface area contributed by atoms with Gasteiger partial charge >= 0.3 is 11.9 Å². The number of para-hydroxylation sites is 1. The molecule has 0 unspecified atom stereocenters. The maximum absolute atomic E-state index is 13.1. The fourth-order valence-corrected chi connectivity index (χ4v) is 4.19. The Labute approximate surface area is 189 Å². The van der Waals surface area contributed by atoms with Crippen LogP contribution in [0.25, 0.3) is 33.3 Å². The van der Waals surface area contributed by atoms with Crippen molar-refractivity contribution in [3.8, 4) is 11.3 Å². The number of furan rings is 1. The number of ether oxygens (including phenoxy) is 2. The van der Waals surface area contributed by atoms with Gasteiger partial charge in [-0.15, -0.1) is 0 Å². The minimum atomic E-state index is -0.632. The van der Waals surface area contributed by atoms with E-state index in [1.807, 2.05) is 18.2 Å². The smallest absolute Gasteiger partial charge is 0.340 e. The summed E-state index contributed by atoms with van der Waals surface area (Å²) in [7, 11) is 1.76. The van der Waals surface area contributed by atoms with Gasteiger partial charge in [-0.1, -0.05) is 12.1 Å². The number of aromatic nitrogens is 2. The molecule has 0 atom stereocenters. The molecule has 170 valence electrons. The first-order valence-corrected chi connectivity index (χ1v) is 10.7. The van der Waals surface area contributed by atoms with Crippen molar-refractivity contribution in [2.45, 2.75) is 27.7 Å². The van der Waals surface area contributed by atoms with Crippen LogP contribution in [0.3, 0.4) is 0 Å². The lowest BCUT2D eigenvalue weighted by Crippen LogP contribution is -2.20. The summed E-state index contributed by atoms with van der Waals surface area (Å²) in [6.45, 7) is 7.01. The highest BCUT2D eigenvalue weighted by Gasteiger charge is 2.30. The third kappa shape index (κ3) is 3.57. The number of pyridine rings is 2. The van der Waals surface area contributed by atoms with Gasteiger partial charge in [0.1, 0.15) is 5.58 Å². The molecule has 0 radical (unpaired) electrons. The first-order valence-electron chi connectivity index (χ1n) is 10.7. The second-order valence-electron chi connectivity index (χ2n) is 7.58. The van der Waals surface area contributed by atoms with E-state index in [1.54, 1.807) is 45.4 Å². The van der Waals surface area contributed by atoms with E-state index in [0.29, 0.717) is 28.2 Å². The van der Waals surface area contributed by atoms with Crippen LogP contribution in [0.4, 0.5) is 0 Å². The Balaban J connectivity index is 2.19. The summed E-state index contributed by atoms with van der Waals surface area (Å²) in [6, 6.07) is 8.67. The second-order valence-corrected chi connectivity index (χ2v) is 7.58. The fraction of sp³-hybridized carbons (Fsp3) is 0.280. The quantitative estimate of drug-likeness (QED) is 0.419. The molecule has 1 aromatic carbocycles. The molecule has 0 saturated carbocycles. The van der Waals surface area contributed by atoms with E-state index in [9.17, 15) is 14.4 Å². The van der Waals surface area contributed by atoms with Crippen molar-refractivity contribution in [2.75, 3.05) is 13.2 Å². The average molecular weight is 448 g/mol. The summed E-state index contributed by atoms with van der Waals surface area (Å²) in [5.41, 5.74) is 2.58. The Morgan fingerprint density at radius 2 is 1.58 bits per heavy atom. The summed E-state index contributed by atoms with van der Waals surface area (Å²) in [5.74, 6) is -1.26. The van der Waals surface area contributed by atoms with Gasteiger partial charge in [-0.2, -0.15) is 0 Å². The standard InChI is InChI=1S/C25H24N2O6/c1-6-31-24(29)19-13(3)26-14(4)20(25(30)32-7-2)21(19)16-12-17(28)23-22(27(16)5)15-10-8-9-11-18(15)33-23/h8-12H,6-7H2,1-5H3. The van der Waals surface area contributed by atoms with Crippen molar-refractivity contribution in [3.05, 3.63) is 63.1 Å². The first-order chi connectivity index (χ1) is 15.8. The molecule has 0 aliphatic heterocycles. The van der Waals surface area contributed by atoms with E-state index in [2.05, 4.69) is 4.98 Å². The minimum Gasteiger partial charge on any atom is -0.462 e. The fourth-order valence-electron chi connectivity index (χ4n) is 4.19. The SMILES string of the molecule is CCOC(=O)c1c(C)nc(C)c(C(=O)OCC)c1-c1cc(=O)c2oc3ccccc3c2n1C. The van der Waals surface area contributed by atoms with E-state index >= 15 is 0 Å². The number of hydrogen-bond acceptors (Lipinski definition) is 7. The average Bonchev–Trinajstić information content (AvgIpc) is 3.16. The molecule has 0 aliphatic rings. The summed E-state index contributed by atoms with van der Waals surface area (Å²) in [5, 5.41) is 0.742. The Bertz CT molecular complexity index is 1440. The molecule has 0 bridgehead atoms. The molecule has 0 aliphatic carbocycles. The highest BCUT2D eigenvalue weighted by Crippen LogP contribution is 2.35. The zero-order valence-electron chi connectivity index (χ0n) is 19.1. The molecule has 33 heavy (non-hydrogen) atoms. The molecule has 3 aromatic heterocycles. The van der Waals surface area contributed by atoms with Gasteiger partial charge in [0.2, 0.25) is 5.43 Å². The molecule has 3 heterocycles. The Morgan fingerprint density at radius 3 is 2.15 bits per heavy atom. The maximum atomic E-state index is 13.1.